The molecule has 1 saturated heterocycles. The molecule has 0 aliphatic carbocycles. The number of aromatic amines is 1. The fourth-order valence-electron chi connectivity index (χ4n) is 0.892. The van der Waals surface area contributed by atoms with Crippen molar-refractivity contribution in [3.8, 4) is 0 Å². The lowest BCUT2D eigenvalue weighted by Gasteiger charge is -1.76. The predicted molar refractivity (Wildman–Crippen MR) is 45.1 cm³/mol. The molecular weight excluding hydrogens is 140 g/mol. The van der Waals surface area contributed by atoms with Gasteiger partial charge in [0.25, 0.3) is 0 Å². The first-order valence-electron chi connectivity index (χ1n) is 3.85. The molecule has 0 saturated carbocycles. The third-order valence-corrected chi connectivity index (χ3v) is 1.48. The van der Waals surface area contributed by atoms with Crippen LogP contribution in [0, 0.1) is 0 Å². The third kappa shape index (κ3) is 3.62. The van der Waals surface area contributed by atoms with E-state index in [9.17, 15) is 0 Å². The van der Waals surface area contributed by atoms with Crippen LogP contribution in [0.3, 0.4) is 0 Å². The van der Waals surface area contributed by atoms with Crippen LogP contribution in [0.1, 0.15) is 12.8 Å². The Kier molecular flexibility index (Phi) is 3.47. The molecule has 0 amide bonds. The van der Waals surface area contributed by atoms with Gasteiger partial charge in [-0.25, -0.2) is 0 Å². The van der Waals surface area contributed by atoms with Gasteiger partial charge in [0, 0.05) is 0 Å². The number of nitrogen functional groups attached to an aromatic ring is 1. The summed E-state index contributed by atoms with van der Waals surface area (Å²) in [6.45, 7) is 2.50. The summed E-state index contributed by atoms with van der Waals surface area (Å²) in [5.41, 5.74) is 5.16. The molecule has 4 N–H and O–H groups in total. The van der Waals surface area contributed by atoms with E-state index in [-0.39, 0.29) is 0 Å². The molecule has 0 atom stereocenters. The number of hydrogen-bond donors (Lipinski definition) is 3. The van der Waals surface area contributed by atoms with Crippen LogP contribution in [0.15, 0.2) is 12.3 Å². The van der Waals surface area contributed by atoms with Gasteiger partial charge in [-0.2, -0.15) is 5.10 Å². The predicted octanol–water partition coefficient (Wildman–Crippen LogP) is 0.362. The minimum atomic E-state index is 0.606. The van der Waals surface area contributed by atoms with E-state index >= 15 is 0 Å². The fraction of sp³-hybridized carbons (Fsp3) is 0.571. The third-order valence-electron chi connectivity index (χ3n) is 1.48. The maximum atomic E-state index is 5.16. The van der Waals surface area contributed by atoms with Crippen molar-refractivity contribution >= 4 is 5.82 Å². The zero-order valence-corrected chi connectivity index (χ0v) is 6.51. The van der Waals surface area contributed by atoms with Gasteiger partial charge >= 0.3 is 0 Å². The molecule has 4 heteroatoms. The van der Waals surface area contributed by atoms with Gasteiger partial charge in [-0.05, 0) is 32.0 Å². The van der Waals surface area contributed by atoms with Crippen LogP contribution in [-0.2, 0) is 0 Å². The van der Waals surface area contributed by atoms with Crippen LogP contribution in [0.5, 0.6) is 0 Å². The Labute approximate surface area is 66.2 Å². The summed E-state index contributed by atoms with van der Waals surface area (Å²) in [6.07, 6.45) is 4.38. The first-order chi connectivity index (χ1) is 5.39. The molecule has 1 fully saturated rings. The summed E-state index contributed by atoms with van der Waals surface area (Å²) in [6, 6.07) is 1.69. The van der Waals surface area contributed by atoms with Gasteiger partial charge in [-0.3, -0.25) is 5.10 Å². The Hall–Kier alpha value is -1.03. The topological polar surface area (TPSA) is 66.7 Å². The number of nitrogens with two attached hydrogens (primary N) is 1. The molecule has 1 aliphatic heterocycles. The van der Waals surface area contributed by atoms with Crippen molar-refractivity contribution in [3.05, 3.63) is 12.3 Å². The smallest absolute Gasteiger partial charge is 0.118 e. The summed E-state index contributed by atoms with van der Waals surface area (Å²) in [4.78, 5) is 0. The number of rotatable bonds is 0. The largest absolute Gasteiger partial charge is 0.384 e. The Morgan fingerprint density at radius 2 is 2.09 bits per heavy atom. The van der Waals surface area contributed by atoms with Crippen LogP contribution in [-0.4, -0.2) is 23.3 Å². The quantitative estimate of drug-likeness (QED) is 0.505. The molecule has 0 aromatic carbocycles. The average Bonchev–Trinajstić information content (AvgIpc) is 2.57. The lowest BCUT2D eigenvalue weighted by molar-refractivity contribution is 0.857. The molecule has 2 rings (SSSR count). The Morgan fingerprint density at radius 1 is 1.36 bits per heavy atom. The molecule has 2 heterocycles. The van der Waals surface area contributed by atoms with E-state index in [1.807, 2.05) is 0 Å². The summed E-state index contributed by atoms with van der Waals surface area (Å²) in [7, 11) is 0. The monoisotopic (exact) mass is 154 g/mol. The van der Waals surface area contributed by atoms with Crippen molar-refractivity contribution in [3.63, 3.8) is 0 Å². The van der Waals surface area contributed by atoms with Crippen LogP contribution in [0.25, 0.3) is 0 Å². The van der Waals surface area contributed by atoms with E-state index in [4.69, 9.17) is 5.73 Å². The second-order valence-corrected chi connectivity index (χ2v) is 2.47. The Bertz CT molecular complexity index is 159. The molecule has 1 aromatic heterocycles. The van der Waals surface area contributed by atoms with Gasteiger partial charge < -0.3 is 11.1 Å². The normalized spacial score (nSPS) is 15.6. The summed E-state index contributed by atoms with van der Waals surface area (Å²) in [5.74, 6) is 0.606. The van der Waals surface area contributed by atoms with Crippen molar-refractivity contribution < 1.29 is 0 Å². The molecule has 0 spiro atoms. The maximum absolute atomic E-state index is 5.16. The van der Waals surface area contributed by atoms with Crippen molar-refractivity contribution in [2.24, 2.45) is 0 Å². The van der Waals surface area contributed by atoms with E-state index in [1.54, 1.807) is 12.3 Å². The van der Waals surface area contributed by atoms with E-state index in [0.29, 0.717) is 5.82 Å². The highest BCUT2D eigenvalue weighted by Crippen LogP contribution is 1.90. The standard InChI is InChI=1S/C4H9N.C3H5N3/c1-2-4-5-3-1;4-3-1-2-5-6-3/h5H,1-4H2;1-2H,(H3,4,5,6). The average molecular weight is 154 g/mol. The molecule has 62 valence electrons. The van der Waals surface area contributed by atoms with Gasteiger partial charge in [-0.15, -0.1) is 0 Å². The number of nitrogens with one attached hydrogen (secondary N) is 2. The number of nitrogens with zero attached hydrogens (tertiary/aromatic N) is 1. The van der Waals surface area contributed by atoms with Gasteiger partial charge in [0.15, 0.2) is 0 Å². The maximum Gasteiger partial charge on any atom is 0.118 e. The van der Waals surface area contributed by atoms with Gasteiger partial charge in [0.1, 0.15) is 5.82 Å². The van der Waals surface area contributed by atoms with Crippen LogP contribution in [0.2, 0.25) is 0 Å². The van der Waals surface area contributed by atoms with E-state index < -0.39 is 0 Å². The number of hydrogen-bond acceptors (Lipinski definition) is 3. The molecule has 1 aliphatic rings. The fourth-order valence-corrected chi connectivity index (χ4v) is 0.892. The van der Waals surface area contributed by atoms with Crippen molar-refractivity contribution in [2.75, 3.05) is 18.8 Å². The molecule has 1 aromatic rings. The summed E-state index contributed by atoms with van der Waals surface area (Å²) >= 11 is 0. The van der Waals surface area contributed by atoms with Crippen LogP contribution >= 0.6 is 0 Å². The molecule has 0 bridgehead atoms. The van der Waals surface area contributed by atoms with Gasteiger partial charge in [0.05, 0.1) is 6.20 Å². The zero-order valence-electron chi connectivity index (χ0n) is 6.51. The van der Waals surface area contributed by atoms with Crippen LogP contribution < -0.4 is 11.1 Å². The number of H-pyrrole nitrogens is 1. The highest BCUT2D eigenvalue weighted by molar-refractivity contribution is 5.22. The lowest BCUT2D eigenvalue weighted by Crippen LogP contribution is -2.03. The lowest BCUT2D eigenvalue weighted by atomic mass is 10.4. The molecule has 4 nitrogen and oxygen atoms in total. The summed E-state index contributed by atoms with van der Waals surface area (Å²) in [5, 5.41) is 9.32. The van der Waals surface area contributed by atoms with Crippen LogP contribution in [0.4, 0.5) is 5.82 Å². The number of aromatic nitrogens is 2. The zero-order chi connectivity index (χ0) is 7.94. The molecule has 0 unspecified atom stereocenters. The minimum absolute atomic E-state index is 0.606. The molecule has 11 heavy (non-hydrogen) atoms. The first kappa shape index (κ1) is 8.07. The first-order valence-corrected chi connectivity index (χ1v) is 3.85. The second kappa shape index (κ2) is 4.73. The highest BCUT2D eigenvalue weighted by Gasteiger charge is 1.93. The van der Waals surface area contributed by atoms with E-state index in [1.165, 1.54) is 25.9 Å². The molecular formula is C7H14N4. The van der Waals surface area contributed by atoms with Gasteiger partial charge in [0.2, 0.25) is 0 Å². The number of anilines is 1. The Balaban J connectivity index is 0.000000112. The summed E-state index contributed by atoms with van der Waals surface area (Å²) < 4.78 is 0. The van der Waals surface area contributed by atoms with Gasteiger partial charge in [-0.1, -0.05) is 0 Å². The second-order valence-electron chi connectivity index (χ2n) is 2.47. The Morgan fingerprint density at radius 3 is 2.27 bits per heavy atom. The van der Waals surface area contributed by atoms with E-state index in [0.717, 1.165) is 0 Å². The van der Waals surface area contributed by atoms with Crippen molar-refractivity contribution in [1.29, 1.82) is 0 Å². The SMILES string of the molecule is C1CCNC1.Nc1ccn[nH]1. The highest BCUT2D eigenvalue weighted by atomic mass is 15.1. The minimum Gasteiger partial charge on any atom is -0.384 e. The van der Waals surface area contributed by atoms with E-state index in [2.05, 4.69) is 15.5 Å². The molecule has 0 radical (unpaired) electrons. The van der Waals surface area contributed by atoms with Crippen molar-refractivity contribution in [2.45, 2.75) is 12.8 Å². The van der Waals surface area contributed by atoms with Crippen molar-refractivity contribution in [1.82, 2.24) is 15.5 Å².